The van der Waals surface area contributed by atoms with Gasteiger partial charge in [0.2, 0.25) is 11.8 Å². The molecule has 0 aromatic carbocycles. The number of thiazole rings is 1. The standard InChI is InChI=1S/C16H23N5O2S/c1-10(2)15-18-14(19-23-15)13-6-5-7-21(13)8-12-9-24-16(17-12)20(4)11(3)22/h9-10,13H,5-8H2,1-4H3/t13-/m0/s1. The number of carbonyl (C=O) groups excluding carboxylic acids is 1. The van der Waals surface area contributed by atoms with Crippen LogP contribution in [0.2, 0.25) is 0 Å². The number of likely N-dealkylation sites (tertiary alicyclic amines) is 1. The summed E-state index contributed by atoms with van der Waals surface area (Å²) in [5, 5.41) is 6.91. The summed E-state index contributed by atoms with van der Waals surface area (Å²) < 4.78 is 5.35. The minimum atomic E-state index is -0.0111. The predicted octanol–water partition coefficient (Wildman–Crippen LogP) is 2.97. The quantitative estimate of drug-likeness (QED) is 0.826. The normalized spacial score (nSPS) is 18.5. The third kappa shape index (κ3) is 3.49. The van der Waals surface area contributed by atoms with Gasteiger partial charge in [-0.2, -0.15) is 4.98 Å². The minimum Gasteiger partial charge on any atom is -0.339 e. The van der Waals surface area contributed by atoms with Gasteiger partial charge in [0.25, 0.3) is 0 Å². The molecule has 130 valence electrons. The number of nitrogens with zero attached hydrogens (tertiary/aromatic N) is 5. The Hall–Kier alpha value is -1.80. The van der Waals surface area contributed by atoms with Gasteiger partial charge in [0.05, 0.1) is 11.7 Å². The molecule has 1 aliphatic heterocycles. The van der Waals surface area contributed by atoms with Crippen molar-refractivity contribution in [2.75, 3.05) is 18.5 Å². The summed E-state index contributed by atoms with van der Waals surface area (Å²) in [5.74, 6) is 1.69. The second-order valence-electron chi connectivity index (χ2n) is 6.47. The van der Waals surface area contributed by atoms with E-state index in [-0.39, 0.29) is 17.9 Å². The molecular formula is C16H23N5O2S. The van der Waals surface area contributed by atoms with E-state index < -0.39 is 0 Å². The van der Waals surface area contributed by atoms with Crippen molar-refractivity contribution in [1.82, 2.24) is 20.0 Å². The molecule has 0 radical (unpaired) electrons. The van der Waals surface area contributed by atoms with E-state index in [2.05, 4.69) is 20.0 Å². The predicted molar refractivity (Wildman–Crippen MR) is 92.0 cm³/mol. The minimum absolute atomic E-state index is 0.0111. The van der Waals surface area contributed by atoms with Crippen molar-refractivity contribution < 1.29 is 9.32 Å². The topological polar surface area (TPSA) is 75.4 Å². The maximum Gasteiger partial charge on any atom is 0.229 e. The van der Waals surface area contributed by atoms with E-state index in [0.29, 0.717) is 5.89 Å². The molecule has 0 aliphatic carbocycles. The van der Waals surface area contributed by atoms with Crippen molar-refractivity contribution in [2.24, 2.45) is 0 Å². The van der Waals surface area contributed by atoms with Crippen LogP contribution in [0, 0.1) is 0 Å². The second kappa shape index (κ2) is 6.98. The van der Waals surface area contributed by atoms with Gasteiger partial charge in [-0.15, -0.1) is 11.3 Å². The van der Waals surface area contributed by atoms with Crippen LogP contribution in [-0.4, -0.2) is 39.5 Å². The van der Waals surface area contributed by atoms with E-state index in [9.17, 15) is 4.79 Å². The number of hydrogen-bond donors (Lipinski definition) is 0. The van der Waals surface area contributed by atoms with Crippen LogP contribution >= 0.6 is 11.3 Å². The van der Waals surface area contributed by atoms with Crippen molar-refractivity contribution in [3.8, 4) is 0 Å². The zero-order valence-corrected chi connectivity index (χ0v) is 15.3. The van der Waals surface area contributed by atoms with Crippen LogP contribution in [0.1, 0.15) is 63.0 Å². The number of carbonyl (C=O) groups is 1. The highest BCUT2D eigenvalue weighted by Crippen LogP contribution is 2.32. The van der Waals surface area contributed by atoms with Crippen molar-refractivity contribution in [1.29, 1.82) is 0 Å². The molecule has 7 nitrogen and oxygen atoms in total. The van der Waals surface area contributed by atoms with Gasteiger partial charge >= 0.3 is 0 Å². The Morgan fingerprint density at radius 3 is 2.96 bits per heavy atom. The second-order valence-corrected chi connectivity index (χ2v) is 7.31. The Morgan fingerprint density at radius 2 is 2.29 bits per heavy atom. The lowest BCUT2D eigenvalue weighted by Gasteiger charge is -2.20. The number of hydrogen-bond acceptors (Lipinski definition) is 7. The molecule has 1 aliphatic rings. The molecule has 3 heterocycles. The summed E-state index contributed by atoms with van der Waals surface area (Å²) >= 11 is 1.49. The fraction of sp³-hybridized carbons (Fsp3) is 0.625. The maximum atomic E-state index is 11.4. The Kier molecular flexibility index (Phi) is 4.96. The van der Waals surface area contributed by atoms with Gasteiger partial charge in [-0.05, 0) is 19.4 Å². The van der Waals surface area contributed by atoms with Crippen molar-refractivity contribution in [3.63, 3.8) is 0 Å². The zero-order valence-electron chi connectivity index (χ0n) is 14.5. The van der Waals surface area contributed by atoms with Gasteiger partial charge < -0.3 is 4.52 Å². The third-order valence-electron chi connectivity index (χ3n) is 4.28. The average molecular weight is 349 g/mol. The fourth-order valence-electron chi connectivity index (χ4n) is 2.79. The Morgan fingerprint density at radius 1 is 1.50 bits per heavy atom. The first-order chi connectivity index (χ1) is 11.5. The molecule has 1 amide bonds. The van der Waals surface area contributed by atoms with Crippen LogP contribution in [-0.2, 0) is 11.3 Å². The van der Waals surface area contributed by atoms with Gasteiger partial charge in [0, 0.05) is 31.8 Å². The molecule has 0 bridgehead atoms. The third-order valence-corrected chi connectivity index (χ3v) is 5.24. The lowest BCUT2D eigenvalue weighted by atomic mass is 10.2. The summed E-state index contributed by atoms with van der Waals surface area (Å²) in [6.07, 6.45) is 2.14. The van der Waals surface area contributed by atoms with Crippen LogP contribution in [0.15, 0.2) is 9.90 Å². The van der Waals surface area contributed by atoms with Gasteiger partial charge in [0.1, 0.15) is 0 Å². The molecule has 1 saturated heterocycles. The van der Waals surface area contributed by atoms with Crippen LogP contribution in [0.25, 0.3) is 0 Å². The molecule has 1 fully saturated rings. The van der Waals surface area contributed by atoms with Crippen molar-refractivity contribution in [2.45, 2.75) is 52.1 Å². The van der Waals surface area contributed by atoms with Crippen LogP contribution in [0.3, 0.4) is 0 Å². The van der Waals surface area contributed by atoms with E-state index in [1.54, 1.807) is 18.9 Å². The molecule has 0 N–H and O–H groups in total. The lowest BCUT2D eigenvalue weighted by Crippen LogP contribution is -2.24. The van der Waals surface area contributed by atoms with E-state index >= 15 is 0 Å². The first-order valence-electron chi connectivity index (χ1n) is 8.22. The van der Waals surface area contributed by atoms with E-state index in [1.807, 2.05) is 19.2 Å². The first kappa shape index (κ1) is 17.0. The molecule has 2 aromatic rings. The van der Waals surface area contributed by atoms with Gasteiger partial charge in [-0.25, -0.2) is 4.98 Å². The molecule has 0 unspecified atom stereocenters. The summed E-state index contributed by atoms with van der Waals surface area (Å²) in [5.41, 5.74) is 0.975. The average Bonchev–Trinajstić information content (AvgIpc) is 3.26. The van der Waals surface area contributed by atoms with Gasteiger partial charge in [-0.1, -0.05) is 19.0 Å². The van der Waals surface area contributed by atoms with Crippen LogP contribution in [0.5, 0.6) is 0 Å². The Labute approximate surface area is 145 Å². The molecule has 24 heavy (non-hydrogen) atoms. The maximum absolute atomic E-state index is 11.4. The largest absolute Gasteiger partial charge is 0.339 e. The monoisotopic (exact) mass is 349 g/mol. The summed E-state index contributed by atoms with van der Waals surface area (Å²) in [6, 6.07) is 0.178. The zero-order chi connectivity index (χ0) is 17.3. The van der Waals surface area contributed by atoms with Gasteiger partial charge in [-0.3, -0.25) is 14.6 Å². The molecular weight excluding hydrogens is 326 g/mol. The van der Waals surface area contributed by atoms with E-state index in [1.165, 1.54) is 11.3 Å². The van der Waals surface area contributed by atoms with Crippen molar-refractivity contribution in [3.05, 3.63) is 22.8 Å². The molecule has 8 heteroatoms. The Bertz CT molecular complexity index is 711. The van der Waals surface area contributed by atoms with Crippen LogP contribution in [0.4, 0.5) is 5.13 Å². The number of amides is 1. The SMILES string of the molecule is CC(=O)N(C)c1nc(CN2CCC[C@H]2c2noc(C(C)C)n2)cs1. The number of rotatable bonds is 5. The molecule has 0 spiro atoms. The van der Waals surface area contributed by atoms with Crippen molar-refractivity contribution >= 4 is 22.4 Å². The fourth-order valence-corrected chi connectivity index (χ4v) is 3.62. The highest BCUT2D eigenvalue weighted by Gasteiger charge is 2.31. The first-order valence-corrected chi connectivity index (χ1v) is 9.10. The Balaban J connectivity index is 1.71. The smallest absolute Gasteiger partial charge is 0.229 e. The lowest BCUT2D eigenvalue weighted by molar-refractivity contribution is -0.116. The van der Waals surface area contributed by atoms with Gasteiger partial charge in [0.15, 0.2) is 11.0 Å². The number of aromatic nitrogens is 3. The number of anilines is 1. The summed E-state index contributed by atoms with van der Waals surface area (Å²) in [7, 11) is 1.75. The molecule has 2 aromatic heterocycles. The highest BCUT2D eigenvalue weighted by molar-refractivity contribution is 7.14. The summed E-state index contributed by atoms with van der Waals surface area (Å²) in [6.45, 7) is 7.36. The highest BCUT2D eigenvalue weighted by atomic mass is 32.1. The van der Waals surface area contributed by atoms with Crippen LogP contribution < -0.4 is 4.90 Å². The molecule has 0 saturated carbocycles. The summed E-state index contributed by atoms with van der Waals surface area (Å²) in [4.78, 5) is 24.5. The molecule has 1 atom stereocenters. The van der Waals surface area contributed by atoms with E-state index in [4.69, 9.17) is 4.52 Å². The van der Waals surface area contributed by atoms with E-state index in [0.717, 1.165) is 42.6 Å². The molecule has 3 rings (SSSR count).